The van der Waals surface area contributed by atoms with Crippen LogP contribution in [0.5, 0.6) is 11.5 Å². The first-order valence-corrected chi connectivity index (χ1v) is 6.92. The molecule has 4 nitrogen and oxygen atoms in total. The highest BCUT2D eigenvalue weighted by molar-refractivity contribution is 5.65. The summed E-state index contributed by atoms with van der Waals surface area (Å²) in [5, 5.41) is 0. The van der Waals surface area contributed by atoms with E-state index in [1.54, 1.807) is 20.4 Å². The molecule has 3 rings (SSSR count). The number of rotatable bonds is 4. The molecular formula is C18H16N2O2. The third-order valence-electron chi connectivity index (χ3n) is 3.35. The van der Waals surface area contributed by atoms with Crippen molar-refractivity contribution in [2.45, 2.75) is 0 Å². The second-order valence-corrected chi connectivity index (χ2v) is 4.73. The lowest BCUT2D eigenvalue weighted by Crippen LogP contribution is -1.93. The summed E-state index contributed by atoms with van der Waals surface area (Å²) in [5.41, 5.74) is 2.77. The highest BCUT2D eigenvalue weighted by Gasteiger charge is 2.06. The minimum Gasteiger partial charge on any atom is -0.497 e. The lowest BCUT2D eigenvalue weighted by atomic mass is 10.1. The lowest BCUT2D eigenvalue weighted by Gasteiger charge is -2.07. The molecule has 0 aliphatic heterocycles. The Kier molecular flexibility index (Phi) is 4.01. The van der Waals surface area contributed by atoms with E-state index in [2.05, 4.69) is 9.97 Å². The fourth-order valence-electron chi connectivity index (χ4n) is 2.20. The average Bonchev–Trinajstić information content (AvgIpc) is 2.62. The first-order valence-electron chi connectivity index (χ1n) is 6.92. The van der Waals surface area contributed by atoms with Crippen molar-refractivity contribution in [3.8, 4) is 34.1 Å². The van der Waals surface area contributed by atoms with Crippen molar-refractivity contribution in [2.75, 3.05) is 14.2 Å². The minimum atomic E-state index is 0.666. The zero-order chi connectivity index (χ0) is 15.4. The summed E-state index contributed by atoms with van der Waals surface area (Å²) in [6, 6.07) is 17.4. The maximum Gasteiger partial charge on any atom is 0.159 e. The predicted octanol–water partition coefficient (Wildman–Crippen LogP) is 3.83. The molecule has 0 aliphatic carbocycles. The van der Waals surface area contributed by atoms with E-state index in [1.165, 1.54) is 0 Å². The Morgan fingerprint density at radius 2 is 1.41 bits per heavy atom. The molecule has 0 bridgehead atoms. The molecule has 0 amide bonds. The number of hydrogen-bond acceptors (Lipinski definition) is 4. The smallest absolute Gasteiger partial charge is 0.159 e. The van der Waals surface area contributed by atoms with Crippen molar-refractivity contribution in [2.24, 2.45) is 0 Å². The Hall–Kier alpha value is -2.88. The fraction of sp³-hybridized carbons (Fsp3) is 0.111. The van der Waals surface area contributed by atoms with Crippen LogP contribution in [0.15, 0.2) is 60.8 Å². The van der Waals surface area contributed by atoms with Crippen molar-refractivity contribution >= 4 is 0 Å². The largest absolute Gasteiger partial charge is 0.497 e. The third kappa shape index (κ3) is 2.91. The van der Waals surface area contributed by atoms with Gasteiger partial charge in [-0.1, -0.05) is 24.3 Å². The van der Waals surface area contributed by atoms with E-state index in [0.717, 1.165) is 28.3 Å². The van der Waals surface area contributed by atoms with Gasteiger partial charge in [0.2, 0.25) is 0 Å². The van der Waals surface area contributed by atoms with E-state index in [9.17, 15) is 0 Å². The fourth-order valence-corrected chi connectivity index (χ4v) is 2.20. The number of hydrogen-bond donors (Lipinski definition) is 0. The van der Waals surface area contributed by atoms with Gasteiger partial charge in [-0.25, -0.2) is 9.97 Å². The second-order valence-electron chi connectivity index (χ2n) is 4.73. The van der Waals surface area contributed by atoms with Crippen LogP contribution in [0.2, 0.25) is 0 Å². The molecule has 3 aromatic rings. The van der Waals surface area contributed by atoms with Gasteiger partial charge >= 0.3 is 0 Å². The first-order chi connectivity index (χ1) is 10.8. The molecule has 0 radical (unpaired) electrons. The molecule has 0 N–H and O–H groups in total. The van der Waals surface area contributed by atoms with E-state index >= 15 is 0 Å². The van der Waals surface area contributed by atoms with Gasteiger partial charge < -0.3 is 9.47 Å². The van der Waals surface area contributed by atoms with Crippen LogP contribution >= 0.6 is 0 Å². The molecule has 0 unspecified atom stereocenters. The zero-order valence-corrected chi connectivity index (χ0v) is 12.5. The third-order valence-corrected chi connectivity index (χ3v) is 3.35. The van der Waals surface area contributed by atoms with E-state index in [1.807, 2.05) is 54.6 Å². The van der Waals surface area contributed by atoms with Crippen molar-refractivity contribution < 1.29 is 9.47 Å². The molecule has 110 valence electrons. The second kappa shape index (κ2) is 6.26. The number of methoxy groups -OCH3 is 2. The van der Waals surface area contributed by atoms with Gasteiger partial charge in [0.25, 0.3) is 0 Å². The number of nitrogens with zero attached hydrogens (tertiary/aromatic N) is 2. The van der Waals surface area contributed by atoms with Crippen LogP contribution in [-0.4, -0.2) is 24.2 Å². The summed E-state index contributed by atoms with van der Waals surface area (Å²) in [7, 11) is 3.30. The molecule has 2 aromatic carbocycles. The van der Waals surface area contributed by atoms with Crippen LogP contribution in [0.4, 0.5) is 0 Å². The molecule has 0 atom stereocenters. The Labute approximate surface area is 129 Å². The Morgan fingerprint density at radius 3 is 2.09 bits per heavy atom. The summed E-state index contributed by atoms with van der Waals surface area (Å²) in [6.45, 7) is 0. The highest BCUT2D eigenvalue weighted by atomic mass is 16.5. The Bertz CT molecular complexity index is 725. The maximum absolute atomic E-state index is 5.26. The van der Waals surface area contributed by atoms with Crippen molar-refractivity contribution in [1.29, 1.82) is 0 Å². The van der Waals surface area contributed by atoms with Crippen molar-refractivity contribution in [3.63, 3.8) is 0 Å². The van der Waals surface area contributed by atoms with Gasteiger partial charge in [0.1, 0.15) is 11.5 Å². The molecule has 0 spiro atoms. The number of ether oxygens (including phenoxy) is 2. The molecular weight excluding hydrogens is 276 g/mol. The Morgan fingerprint density at radius 1 is 0.773 bits per heavy atom. The standard InChI is InChI=1S/C18H16N2O2/c1-21-15-7-3-5-13(11-15)17-9-10-19-18(20-17)14-6-4-8-16(12-14)22-2/h3-12H,1-2H3. The van der Waals surface area contributed by atoms with Crippen LogP contribution in [0, 0.1) is 0 Å². The molecule has 0 saturated carbocycles. The predicted molar refractivity (Wildman–Crippen MR) is 86.0 cm³/mol. The molecule has 0 fully saturated rings. The van der Waals surface area contributed by atoms with Crippen LogP contribution in [0.3, 0.4) is 0 Å². The number of aromatic nitrogens is 2. The lowest BCUT2D eigenvalue weighted by molar-refractivity contribution is 0.415. The quantitative estimate of drug-likeness (QED) is 0.733. The SMILES string of the molecule is COc1cccc(-c2ccnc(-c3cccc(OC)c3)n2)c1. The van der Waals surface area contributed by atoms with Gasteiger partial charge in [0.15, 0.2) is 5.82 Å². The zero-order valence-electron chi connectivity index (χ0n) is 12.5. The maximum atomic E-state index is 5.26. The van der Waals surface area contributed by atoms with Gasteiger partial charge in [-0.3, -0.25) is 0 Å². The summed E-state index contributed by atoms with van der Waals surface area (Å²) in [4.78, 5) is 9.00. The molecule has 1 heterocycles. The first kappa shape index (κ1) is 14.1. The minimum absolute atomic E-state index is 0.666. The summed E-state index contributed by atoms with van der Waals surface area (Å²) in [6.07, 6.45) is 1.76. The number of benzene rings is 2. The highest BCUT2D eigenvalue weighted by Crippen LogP contribution is 2.25. The van der Waals surface area contributed by atoms with E-state index in [4.69, 9.17) is 9.47 Å². The Balaban J connectivity index is 2.01. The van der Waals surface area contributed by atoms with E-state index in [-0.39, 0.29) is 0 Å². The average molecular weight is 292 g/mol. The summed E-state index contributed by atoms with van der Waals surface area (Å²) >= 11 is 0. The normalized spacial score (nSPS) is 10.3. The topological polar surface area (TPSA) is 44.2 Å². The summed E-state index contributed by atoms with van der Waals surface area (Å²) in [5.74, 6) is 2.26. The molecule has 22 heavy (non-hydrogen) atoms. The van der Waals surface area contributed by atoms with Gasteiger partial charge in [-0.15, -0.1) is 0 Å². The monoisotopic (exact) mass is 292 g/mol. The van der Waals surface area contributed by atoms with Crippen molar-refractivity contribution in [3.05, 3.63) is 60.8 Å². The van der Waals surface area contributed by atoms with E-state index < -0.39 is 0 Å². The van der Waals surface area contributed by atoms with Crippen LogP contribution in [0.1, 0.15) is 0 Å². The summed E-state index contributed by atoms with van der Waals surface area (Å²) < 4.78 is 10.5. The van der Waals surface area contributed by atoms with Crippen molar-refractivity contribution in [1.82, 2.24) is 9.97 Å². The van der Waals surface area contributed by atoms with Crippen LogP contribution < -0.4 is 9.47 Å². The van der Waals surface area contributed by atoms with E-state index in [0.29, 0.717) is 5.82 Å². The van der Waals surface area contributed by atoms with Crippen LogP contribution in [0.25, 0.3) is 22.6 Å². The molecule has 0 aliphatic rings. The van der Waals surface area contributed by atoms with Crippen LogP contribution in [-0.2, 0) is 0 Å². The van der Waals surface area contributed by atoms with Gasteiger partial charge in [0, 0.05) is 17.3 Å². The van der Waals surface area contributed by atoms with Gasteiger partial charge in [-0.05, 0) is 30.3 Å². The molecule has 0 saturated heterocycles. The van der Waals surface area contributed by atoms with Gasteiger partial charge in [-0.2, -0.15) is 0 Å². The van der Waals surface area contributed by atoms with Gasteiger partial charge in [0.05, 0.1) is 19.9 Å². The molecule has 1 aromatic heterocycles. The molecule has 4 heteroatoms.